The van der Waals surface area contributed by atoms with Crippen molar-refractivity contribution in [2.24, 2.45) is 11.1 Å². The number of nitrogens with zero attached hydrogens (tertiary/aromatic N) is 3. The number of thioether (sulfide) groups is 2. The van der Waals surface area contributed by atoms with E-state index in [0.717, 1.165) is 48.8 Å². The minimum atomic E-state index is -1.17. The molecule has 3 atom stereocenters. The molecule has 0 spiro atoms. The Morgan fingerprint density at radius 3 is 2.70 bits per heavy atom. The fourth-order valence-electron chi connectivity index (χ4n) is 4.22. The highest BCUT2D eigenvalue weighted by atomic mass is 32.2. The van der Waals surface area contributed by atoms with Gasteiger partial charge in [0.25, 0.3) is 17.4 Å². The van der Waals surface area contributed by atoms with Gasteiger partial charge in [-0.05, 0) is 24.7 Å². The molecule has 2 unspecified atom stereocenters. The number of anilines is 1. The first-order chi connectivity index (χ1) is 17.8. The van der Waals surface area contributed by atoms with Crippen molar-refractivity contribution in [2.45, 2.75) is 42.7 Å². The highest BCUT2D eigenvalue weighted by Crippen LogP contribution is 2.41. The van der Waals surface area contributed by atoms with Crippen LogP contribution >= 0.6 is 34.9 Å². The first-order valence-electron chi connectivity index (χ1n) is 11.3. The number of hydrogen-bond acceptors (Lipinski definition) is 13. The fourth-order valence-corrected chi connectivity index (χ4v) is 6.49. The number of rotatable bonds is 9. The van der Waals surface area contributed by atoms with Crippen LogP contribution in [0.15, 0.2) is 34.5 Å². The molecule has 1 aliphatic carbocycles. The van der Waals surface area contributed by atoms with Gasteiger partial charge in [-0.2, -0.15) is 0 Å². The molecule has 1 saturated carbocycles. The molecule has 4 N–H and O–H groups in total. The Bertz CT molecular complexity index is 1180. The minimum absolute atomic E-state index is 0.0199. The quantitative estimate of drug-likeness (QED) is 0.0989. The zero-order valence-corrected chi connectivity index (χ0v) is 22.2. The van der Waals surface area contributed by atoms with E-state index in [1.54, 1.807) is 6.26 Å². The molecule has 198 valence electrons. The number of oxime groups is 1. The van der Waals surface area contributed by atoms with Crippen molar-refractivity contribution in [1.29, 1.82) is 0 Å². The molecule has 0 aromatic carbocycles. The lowest BCUT2D eigenvalue weighted by Crippen LogP contribution is -2.71. The van der Waals surface area contributed by atoms with E-state index in [9.17, 15) is 24.4 Å². The van der Waals surface area contributed by atoms with Crippen molar-refractivity contribution in [3.63, 3.8) is 0 Å². The van der Waals surface area contributed by atoms with Crippen LogP contribution in [-0.4, -0.2) is 73.6 Å². The number of aromatic nitrogens is 1. The number of nitrogens with two attached hydrogens (primary N) is 1. The number of nitrogen functional groups attached to an aromatic ring is 1. The normalized spacial score (nSPS) is 22.7. The number of β-lactam (4-membered cyclic amide) rings is 1. The Morgan fingerprint density at radius 1 is 1.38 bits per heavy atom. The summed E-state index contributed by atoms with van der Waals surface area (Å²) in [5.41, 5.74) is 4.53. The van der Waals surface area contributed by atoms with E-state index in [1.165, 1.54) is 28.1 Å². The summed E-state index contributed by atoms with van der Waals surface area (Å²) in [5, 5.41) is 15.9. The van der Waals surface area contributed by atoms with Crippen LogP contribution in [0.2, 0.25) is 0 Å². The Labute approximate surface area is 224 Å². The number of nitrogens with one attached hydrogen (secondary N) is 1. The van der Waals surface area contributed by atoms with Gasteiger partial charge in [-0.3, -0.25) is 19.3 Å². The number of carbonyl (C=O) groups excluding carboxylic acids is 4. The number of thiazole rings is 1. The molecule has 37 heavy (non-hydrogen) atoms. The number of carbonyl (C=O) groups is 4. The third-order valence-electron chi connectivity index (χ3n) is 6.10. The number of esters is 2. The number of ether oxygens (including phenoxy) is 2. The van der Waals surface area contributed by atoms with Crippen molar-refractivity contribution in [1.82, 2.24) is 15.2 Å². The molecule has 0 radical (unpaired) electrons. The summed E-state index contributed by atoms with van der Waals surface area (Å²) in [7, 11) is 0. The highest BCUT2D eigenvalue weighted by molar-refractivity contribution is 8.00. The molecule has 12 nitrogen and oxygen atoms in total. The lowest BCUT2D eigenvalue weighted by molar-refractivity contribution is -0.175. The van der Waals surface area contributed by atoms with Crippen LogP contribution in [0.1, 0.15) is 31.4 Å². The van der Waals surface area contributed by atoms with Gasteiger partial charge < -0.3 is 25.7 Å². The molecule has 1 aromatic rings. The van der Waals surface area contributed by atoms with Crippen molar-refractivity contribution in [3.05, 3.63) is 35.0 Å². The van der Waals surface area contributed by atoms with Crippen molar-refractivity contribution in [3.8, 4) is 0 Å². The van der Waals surface area contributed by atoms with Crippen LogP contribution in [0.4, 0.5) is 5.13 Å². The second-order valence-corrected chi connectivity index (χ2v) is 11.2. The van der Waals surface area contributed by atoms with E-state index in [2.05, 4.69) is 22.0 Å². The summed E-state index contributed by atoms with van der Waals surface area (Å²) in [6.07, 6.45) is 6.49. The van der Waals surface area contributed by atoms with Gasteiger partial charge in [0, 0.05) is 11.1 Å². The standard InChI is InChI=1S/C22H25N5O7S3/c1-3-10-8-36-18-14(25-16(28)13(26-32)12-9-37-21(23)24-12)17(29)27(18)15(10)20(31)34-22(35-2)33-19(30)11-6-4-5-7-11/h3,9,11,14,18,22,32H,1,4-8H2,2H3,(H2,23,24)(H,25,28)/t14?,18-,22?/m1/s1. The van der Waals surface area contributed by atoms with Crippen molar-refractivity contribution < 1.29 is 33.9 Å². The monoisotopic (exact) mass is 567 g/mol. The number of fused-ring (bicyclic) bond motifs is 1. The van der Waals surface area contributed by atoms with Crippen LogP contribution in [0, 0.1) is 5.92 Å². The average molecular weight is 568 g/mol. The van der Waals surface area contributed by atoms with Gasteiger partial charge >= 0.3 is 11.9 Å². The third-order valence-corrected chi connectivity index (χ3v) is 8.65. The molecule has 4 rings (SSSR count). The van der Waals surface area contributed by atoms with Crippen LogP contribution in [0.3, 0.4) is 0 Å². The Morgan fingerprint density at radius 2 is 2.11 bits per heavy atom. The third kappa shape index (κ3) is 5.48. The van der Waals surface area contributed by atoms with Crippen LogP contribution in [0.25, 0.3) is 0 Å². The first-order valence-corrected chi connectivity index (χ1v) is 14.5. The predicted molar refractivity (Wildman–Crippen MR) is 139 cm³/mol. The first kappa shape index (κ1) is 27.0. The molecule has 1 aromatic heterocycles. The smallest absolute Gasteiger partial charge is 0.359 e. The van der Waals surface area contributed by atoms with Crippen molar-refractivity contribution >= 4 is 69.5 Å². The summed E-state index contributed by atoms with van der Waals surface area (Å²) in [6, 6.07) is -0.990. The van der Waals surface area contributed by atoms with Gasteiger partial charge in [0.1, 0.15) is 22.8 Å². The maximum absolute atomic E-state index is 13.2. The largest absolute Gasteiger partial charge is 0.415 e. The molecule has 2 fully saturated rings. The molecule has 3 aliphatic rings. The zero-order chi connectivity index (χ0) is 26.7. The average Bonchev–Trinajstić information content (AvgIpc) is 3.58. The zero-order valence-electron chi connectivity index (χ0n) is 19.7. The maximum atomic E-state index is 13.2. The number of amides is 2. The van der Waals surface area contributed by atoms with Gasteiger partial charge in [0.15, 0.2) is 10.8 Å². The molecule has 3 heterocycles. The van der Waals surface area contributed by atoms with E-state index >= 15 is 0 Å². The Balaban J connectivity index is 1.44. The predicted octanol–water partition coefficient (Wildman–Crippen LogP) is 1.67. The van der Waals surface area contributed by atoms with E-state index in [1.807, 2.05) is 0 Å². The van der Waals surface area contributed by atoms with Crippen molar-refractivity contribution in [2.75, 3.05) is 17.7 Å². The molecule has 2 amide bonds. The number of allylic oxidation sites excluding steroid dienone is 1. The van der Waals surface area contributed by atoms with Gasteiger partial charge in [0.05, 0.1) is 5.92 Å². The second kappa shape index (κ2) is 11.6. The van der Waals surface area contributed by atoms with Gasteiger partial charge in [0.2, 0.25) is 0 Å². The lowest BCUT2D eigenvalue weighted by atomic mass is 10.0. The summed E-state index contributed by atoms with van der Waals surface area (Å²) in [5.74, 6) is -2.52. The fraction of sp³-hybridized carbons (Fsp3) is 0.455. The molecule has 2 aliphatic heterocycles. The van der Waals surface area contributed by atoms with Gasteiger partial charge in [-0.15, -0.1) is 23.1 Å². The van der Waals surface area contributed by atoms with Gasteiger partial charge in [-0.1, -0.05) is 42.4 Å². The molecule has 0 bridgehead atoms. The molecule has 15 heteroatoms. The van der Waals surface area contributed by atoms with Gasteiger partial charge in [-0.25, -0.2) is 9.78 Å². The van der Waals surface area contributed by atoms with Crippen LogP contribution in [-0.2, 0) is 28.7 Å². The molecular formula is C22H25N5O7S3. The topological polar surface area (TPSA) is 174 Å². The minimum Gasteiger partial charge on any atom is -0.415 e. The lowest BCUT2D eigenvalue weighted by Gasteiger charge is -2.49. The van der Waals surface area contributed by atoms with E-state index < -0.39 is 46.5 Å². The molecule has 1 saturated heterocycles. The summed E-state index contributed by atoms with van der Waals surface area (Å²) in [4.78, 5) is 56.5. The maximum Gasteiger partial charge on any atom is 0.359 e. The summed E-state index contributed by atoms with van der Waals surface area (Å²) >= 11 is 3.42. The Kier molecular flexibility index (Phi) is 8.44. The second-order valence-electron chi connectivity index (χ2n) is 8.31. The Hall–Kier alpha value is -3.04. The van der Waals surface area contributed by atoms with E-state index in [-0.39, 0.29) is 22.4 Å². The van der Waals surface area contributed by atoms with E-state index in [4.69, 9.17) is 15.2 Å². The summed E-state index contributed by atoms with van der Waals surface area (Å²) in [6.45, 7) is 3.73. The van der Waals surface area contributed by atoms with E-state index in [0.29, 0.717) is 11.3 Å². The summed E-state index contributed by atoms with van der Waals surface area (Å²) < 4.78 is 10.8. The number of hydrogen-bond donors (Lipinski definition) is 3. The van der Waals surface area contributed by atoms with Crippen LogP contribution < -0.4 is 11.1 Å². The highest BCUT2D eigenvalue weighted by Gasteiger charge is 2.54. The SMILES string of the molecule is C=CC1=C(C(=O)OC(OC(=O)C2CCCC2)SC)N2C(=O)C(NC(=O)C(=NO)c3csc(N)n3)[C@H]2SC1. The van der Waals surface area contributed by atoms with Crippen LogP contribution in [0.5, 0.6) is 0 Å². The molecular weight excluding hydrogens is 542 g/mol.